The van der Waals surface area contributed by atoms with Crippen molar-refractivity contribution in [2.75, 3.05) is 44.2 Å². The Labute approximate surface area is 179 Å². The molecule has 3 aliphatic heterocycles. The van der Waals surface area contributed by atoms with Crippen LogP contribution in [0.5, 0.6) is 0 Å². The molecular formula is C21H28F3N5O2. The minimum Gasteiger partial charge on any atom is -0.367 e. The number of nitrogens with one attached hydrogen (secondary N) is 1. The first kappa shape index (κ1) is 22.0. The van der Waals surface area contributed by atoms with E-state index in [0.717, 1.165) is 0 Å². The van der Waals surface area contributed by atoms with Crippen molar-refractivity contribution in [3.63, 3.8) is 0 Å². The molecule has 0 aromatic heterocycles. The van der Waals surface area contributed by atoms with Crippen molar-refractivity contribution in [3.8, 4) is 0 Å². The number of rotatable bonds is 5. The Hall–Kier alpha value is -2.17. The van der Waals surface area contributed by atoms with Gasteiger partial charge in [0, 0.05) is 45.1 Å². The molecule has 7 nitrogen and oxygen atoms in total. The number of hydrogen-bond donors (Lipinski definition) is 2. The molecule has 10 heteroatoms. The van der Waals surface area contributed by atoms with Gasteiger partial charge in [-0.1, -0.05) is 6.07 Å². The molecule has 3 aliphatic rings. The van der Waals surface area contributed by atoms with Crippen molar-refractivity contribution in [2.24, 2.45) is 5.84 Å². The van der Waals surface area contributed by atoms with Gasteiger partial charge in [0.1, 0.15) is 5.82 Å². The van der Waals surface area contributed by atoms with E-state index in [2.05, 4.69) is 10.2 Å². The summed E-state index contributed by atoms with van der Waals surface area (Å²) in [5.41, 5.74) is 1.06. The number of amides is 2. The first-order valence-electron chi connectivity index (χ1n) is 10.7. The van der Waals surface area contributed by atoms with E-state index in [-0.39, 0.29) is 43.1 Å². The zero-order valence-electron chi connectivity index (χ0n) is 17.3. The second-order valence-electron chi connectivity index (χ2n) is 8.72. The number of hydrazine groups is 1. The molecule has 0 spiro atoms. The average molecular weight is 439 g/mol. The van der Waals surface area contributed by atoms with E-state index in [1.165, 1.54) is 11.1 Å². The van der Waals surface area contributed by atoms with E-state index in [4.69, 9.17) is 5.84 Å². The molecular weight excluding hydrogens is 411 g/mol. The molecule has 2 unspecified atom stereocenters. The van der Waals surface area contributed by atoms with Gasteiger partial charge in [0.2, 0.25) is 11.8 Å². The van der Waals surface area contributed by atoms with Gasteiger partial charge < -0.3 is 4.90 Å². The molecule has 1 aromatic rings. The van der Waals surface area contributed by atoms with Crippen LogP contribution in [0.3, 0.4) is 0 Å². The van der Waals surface area contributed by atoms with Crippen LogP contribution in [0.4, 0.5) is 18.9 Å². The second kappa shape index (κ2) is 8.76. The summed E-state index contributed by atoms with van der Waals surface area (Å²) in [7, 11) is 0. The van der Waals surface area contributed by atoms with Gasteiger partial charge in [-0.3, -0.25) is 25.6 Å². The highest BCUT2D eigenvalue weighted by Crippen LogP contribution is 2.32. The van der Waals surface area contributed by atoms with Gasteiger partial charge in [0.05, 0.1) is 18.2 Å². The standard InChI is InChI=1S/C21H28F3N5O2/c22-17-11-14(16-2-4-19(30)26-20(16)31)1-3-18(17)28-9-7-27(8-10-28)6-5-15-12-21(23,24)13-29(15)25/h1,3,11,15-16H,2,4-10,12-13,25H2,(H,26,30,31). The number of carbonyl (C=O) groups is 2. The predicted octanol–water partition coefficient (Wildman–Crippen LogP) is 1.44. The Morgan fingerprint density at radius 2 is 1.90 bits per heavy atom. The zero-order valence-corrected chi connectivity index (χ0v) is 17.3. The van der Waals surface area contributed by atoms with Gasteiger partial charge >= 0.3 is 0 Å². The fraction of sp³-hybridized carbons (Fsp3) is 0.619. The Balaban J connectivity index is 1.30. The number of carbonyl (C=O) groups excluding carboxylic acids is 2. The highest BCUT2D eigenvalue weighted by atomic mass is 19.3. The van der Waals surface area contributed by atoms with Crippen LogP contribution in [-0.4, -0.2) is 73.0 Å². The predicted molar refractivity (Wildman–Crippen MR) is 109 cm³/mol. The monoisotopic (exact) mass is 439 g/mol. The lowest BCUT2D eigenvalue weighted by Gasteiger charge is -2.37. The Kier molecular flexibility index (Phi) is 6.23. The van der Waals surface area contributed by atoms with E-state index in [0.29, 0.717) is 56.8 Å². The van der Waals surface area contributed by atoms with Crippen molar-refractivity contribution in [1.29, 1.82) is 0 Å². The Bertz CT molecular complexity index is 844. The molecule has 3 heterocycles. The maximum Gasteiger partial charge on any atom is 0.263 e. The molecule has 4 rings (SSSR count). The van der Waals surface area contributed by atoms with Crippen LogP contribution in [-0.2, 0) is 9.59 Å². The quantitative estimate of drug-likeness (QED) is 0.534. The van der Waals surface area contributed by atoms with Crippen LogP contribution in [0.2, 0.25) is 0 Å². The van der Waals surface area contributed by atoms with E-state index >= 15 is 0 Å². The smallest absolute Gasteiger partial charge is 0.263 e. The van der Waals surface area contributed by atoms with Crippen molar-refractivity contribution < 1.29 is 22.8 Å². The summed E-state index contributed by atoms with van der Waals surface area (Å²) >= 11 is 0. The molecule has 3 fully saturated rings. The van der Waals surface area contributed by atoms with Gasteiger partial charge in [0.15, 0.2) is 0 Å². The lowest BCUT2D eigenvalue weighted by molar-refractivity contribution is -0.134. The van der Waals surface area contributed by atoms with Crippen LogP contribution in [0.15, 0.2) is 18.2 Å². The zero-order chi connectivity index (χ0) is 22.2. The molecule has 3 saturated heterocycles. The van der Waals surface area contributed by atoms with Crippen molar-refractivity contribution in [1.82, 2.24) is 15.2 Å². The fourth-order valence-corrected chi connectivity index (χ4v) is 4.74. The highest BCUT2D eigenvalue weighted by molar-refractivity contribution is 6.00. The molecule has 2 amide bonds. The Morgan fingerprint density at radius 1 is 1.16 bits per heavy atom. The van der Waals surface area contributed by atoms with Crippen LogP contribution in [0, 0.1) is 5.82 Å². The number of imide groups is 1. The minimum atomic E-state index is -2.71. The third-order valence-electron chi connectivity index (χ3n) is 6.52. The molecule has 170 valence electrons. The van der Waals surface area contributed by atoms with Gasteiger partial charge in [0.25, 0.3) is 5.92 Å². The van der Waals surface area contributed by atoms with Crippen LogP contribution >= 0.6 is 0 Å². The van der Waals surface area contributed by atoms with Gasteiger partial charge in [-0.05, 0) is 37.1 Å². The number of nitrogens with two attached hydrogens (primary N) is 1. The van der Waals surface area contributed by atoms with E-state index in [1.54, 1.807) is 12.1 Å². The molecule has 1 aromatic carbocycles. The van der Waals surface area contributed by atoms with Crippen molar-refractivity contribution >= 4 is 17.5 Å². The third-order valence-corrected chi connectivity index (χ3v) is 6.52. The first-order valence-corrected chi connectivity index (χ1v) is 10.7. The number of benzene rings is 1. The van der Waals surface area contributed by atoms with Gasteiger partial charge in [-0.2, -0.15) is 0 Å². The molecule has 2 atom stereocenters. The van der Waals surface area contributed by atoms with Crippen LogP contribution in [0.25, 0.3) is 0 Å². The second-order valence-corrected chi connectivity index (χ2v) is 8.72. The highest BCUT2D eigenvalue weighted by Gasteiger charge is 2.43. The number of hydrogen-bond acceptors (Lipinski definition) is 6. The van der Waals surface area contributed by atoms with E-state index in [9.17, 15) is 22.8 Å². The fourth-order valence-electron chi connectivity index (χ4n) is 4.74. The van der Waals surface area contributed by atoms with Crippen molar-refractivity contribution in [3.05, 3.63) is 29.6 Å². The number of halogens is 3. The average Bonchev–Trinajstić information content (AvgIpc) is 2.98. The molecule has 0 saturated carbocycles. The third kappa shape index (κ3) is 5.02. The van der Waals surface area contributed by atoms with E-state index in [1.807, 2.05) is 4.90 Å². The lowest BCUT2D eigenvalue weighted by Crippen LogP contribution is -2.48. The summed E-state index contributed by atoms with van der Waals surface area (Å²) < 4.78 is 41.7. The van der Waals surface area contributed by atoms with Crippen molar-refractivity contribution in [2.45, 2.75) is 43.6 Å². The maximum absolute atomic E-state index is 14.8. The summed E-state index contributed by atoms with van der Waals surface area (Å²) in [4.78, 5) is 27.5. The number of anilines is 1. The number of nitrogens with zero attached hydrogens (tertiary/aromatic N) is 3. The Morgan fingerprint density at radius 3 is 2.52 bits per heavy atom. The summed E-state index contributed by atoms with van der Waals surface area (Å²) in [5, 5.41) is 3.55. The normalized spacial score (nSPS) is 27.5. The summed E-state index contributed by atoms with van der Waals surface area (Å²) in [6.07, 6.45) is 1.02. The molecule has 0 radical (unpaired) electrons. The molecule has 0 bridgehead atoms. The summed E-state index contributed by atoms with van der Waals surface area (Å²) in [5.74, 6) is 1.42. The minimum absolute atomic E-state index is 0.200. The maximum atomic E-state index is 14.8. The molecule has 0 aliphatic carbocycles. The topological polar surface area (TPSA) is 81.9 Å². The largest absolute Gasteiger partial charge is 0.367 e. The van der Waals surface area contributed by atoms with Crippen LogP contribution < -0.4 is 16.1 Å². The number of alkyl halides is 2. The van der Waals surface area contributed by atoms with Gasteiger partial charge in [-0.25, -0.2) is 18.2 Å². The summed E-state index contributed by atoms with van der Waals surface area (Å²) in [6.45, 7) is 2.96. The molecule has 3 N–H and O–H groups in total. The lowest BCUT2D eigenvalue weighted by atomic mass is 9.90. The summed E-state index contributed by atoms with van der Waals surface area (Å²) in [6, 6.07) is 4.51. The first-order chi connectivity index (χ1) is 14.7. The van der Waals surface area contributed by atoms with Gasteiger partial charge in [-0.15, -0.1) is 0 Å². The van der Waals surface area contributed by atoms with E-state index < -0.39 is 11.8 Å². The SMILES string of the molecule is NN1CC(F)(F)CC1CCN1CCN(c2ccc(C3CCC(=O)NC3=O)cc2F)CC1. The number of piperazine rings is 1. The number of piperidine rings is 1. The van der Waals surface area contributed by atoms with Crippen LogP contribution in [0.1, 0.15) is 37.2 Å². The molecule has 31 heavy (non-hydrogen) atoms.